The van der Waals surface area contributed by atoms with Crippen LogP contribution in [0.5, 0.6) is 0 Å². The Hall–Kier alpha value is -3.42. The number of carboxylic acids is 1. The minimum Gasteiger partial charge on any atom is -0.477 e. The standard InChI is InChI=1S/C16H15N7O9S3/c24-12(9(19-28)8-2-1-3-32-8)17-10-13(25)23-11(15(26)27)7(4-33-14(10)23)5-34-16-18-20-21-22(16)6-35(29,30)31/h1-3,10,14,28H,4-6H2,(H,17,24)(H,26,27)(H,29,30,31)/b19-9+/t10?,14-/m1/s1. The van der Waals surface area contributed by atoms with E-state index in [1.807, 2.05) is 0 Å². The van der Waals surface area contributed by atoms with E-state index in [1.165, 1.54) is 30.2 Å². The first-order valence-corrected chi connectivity index (χ1v) is 13.1. The third-order valence-electron chi connectivity index (χ3n) is 4.77. The fourth-order valence-corrected chi connectivity index (χ4v) is 6.24. The summed E-state index contributed by atoms with van der Waals surface area (Å²) < 4.78 is 37.0. The van der Waals surface area contributed by atoms with Crippen LogP contribution in [0.15, 0.2) is 44.4 Å². The molecule has 4 N–H and O–H groups in total. The van der Waals surface area contributed by atoms with Crippen LogP contribution in [0.4, 0.5) is 0 Å². The van der Waals surface area contributed by atoms with Crippen molar-refractivity contribution in [2.75, 3.05) is 11.5 Å². The summed E-state index contributed by atoms with van der Waals surface area (Å²) in [5, 5.41) is 34.0. The van der Waals surface area contributed by atoms with E-state index in [2.05, 4.69) is 26.0 Å². The monoisotopic (exact) mass is 545 g/mol. The lowest BCUT2D eigenvalue weighted by atomic mass is 10.0. The summed E-state index contributed by atoms with van der Waals surface area (Å²) in [7, 11) is -4.41. The molecule has 186 valence electrons. The summed E-state index contributed by atoms with van der Waals surface area (Å²) in [5.74, 6) is -3.64. The highest BCUT2D eigenvalue weighted by Gasteiger charge is 2.54. The number of β-lactam (4-membered cyclic amide) rings is 1. The van der Waals surface area contributed by atoms with Gasteiger partial charge in [-0.25, -0.2) is 9.48 Å². The van der Waals surface area contributed by atoms with Crippen LogP contribution >= 0.6 is 23.5 Å². The first kappa shape index (κ1) is 24.7. The van der Waals surface area contributed by atoms with Gasteiger partial charge in [-0.05, 0) is 28.1 Å². The number of nitrogens with zero attached hydrogens (tertiary/aromatic N) is 6. The average Bonchev–Trinajstić information content (AvgIpc) is 3.47. The number of amides is 2. The second-order valence-electron chi connectivity index (χ2n) is 7.00. The molecule has 1 saturated heterocycles. The van der Waals surface area contributed by atoms with Gasteiger partial charge in [0, 0.05) is 11.5 Å². The van der Waals surface area contributed by atoms with Crippen LogP contribution in [0.3, 0.4) is 0 Å². The summed E-state index contributed by atoms with van der Waals surface area (Å²) in [6.45, 7) is 0. The molecule has 16 nitrogen and oxygen atoms in total. The van der Waals surface area contributed by atoms with Crippen molar-refractivity contribution in [2.24, 2.45) is 5.16 Å². The summed E-state index contributed by atoms with van der Waals surface area (Å²) in [4.78, 5) is 38.3. The Bertz CT molecular complexity index is 1340. The van der Waals surface area contributed by atoms with Gasteiger partial charge in [-0.2, -0.15) is 8.42 Å². The Kier molecular flexibility index (Phi) is 6.83. The predicted molar refractivity (Wildman–Crippen MR) is 117 cm³/mol. The molecule has 2 amide bonds. The van der Waals surface area contributed by atoms with Crippen molar-refractivity contribution in [3.05, 3.63) is 35.4 Å². The van der Waals surface area contributed by atoms with Crippen LogP contribution in [0.25, 0.3) is 0 Å². The first-order chi connectivity index (χ1) is 16.6. The molecule has 35 heavy (non-hydrogen) atoms. The first-order valence-electron chi connectivity index (χ1n) is 9.41. The van der Waals surface area contributed by atoms with Crippen molar-refractivity contribution in [1.82, 2.24) is 30.4 Å². The van der Waals surface area contributed by atoms with E-state index in [0.29, 0.717) is 5.57 Å². The normalized spacial score (nSPS) is 20.4. The molecule has 0 saturated carbocycles. The second kappa shape index (κ2) is 9.68. The van der Waals surface area contributed by atoms with Gasteiger partial charge >= 0.3 is 5.97 Å². The number of furan rings is 1. The number of oxime groups is 1. The number of thioether (sulfide) groups is 2. The van der Waals surface area contributed by atoms with Gasteiger partial charge in [0.05, 0.1) is 6.26 Å². The number of tetrazole rings is 1. The molecule has 2 aliphatic rings. The lowest BCUT2D eigenvalue weighted by Crippen LogP contribution is -2.71. The molecule has 0 aliphatic carbocycles. The minimum atomic E-state index is -4.41. The summed E-state index contributed by atoms with van der Waals surface area (Å²) in [5.41, 5.74) is -0.375. The van der Waals surface area contributed by atoms with Crippen molar-refractivity contribution < 1.29 is 42.1 Å². The molecule has 0 spiro atoms. The van der Waals surface area contributed by atoms with Crippen LogP contribution < -0.4 is 5.32 Å². The molecule has 1 fully saturated rings. The van der Waals surface area contributed by atoms with E-state index in [0.717, 1.165) is 21.3 Å². The molecule has 19 heteroatoms. The Balaban J connectivity index is 1.48. The van der Waals surface area contributed by atoms with Gasteiger partial charge in [0.1, 0.15) is 17.1 Å². The van der Waals surface area contributed by atoms with Gasteiger partial charge in [-0.15, -0.1) is 16.9 Å². The Labute approximate surface area is 204 Å². The third-order valence-corrected chi connectivity index (χ3v) is 7.72. The zero-order valence-corrected chi connectivity index (χ0v) is 19.7. The van der Waals surface area contributed by atoms with E-state index < -0.39 is 50.9 Å². The van der Waals surface area contributed by atoms with Gasteiger partial charge in [-0.3, -0.25) is 19.0 Å². The number of carbonyl (C=O) groups is 3. The highest BCUT2D eigenvalue weighted by atomic mass is 32.2. The van der Waals surface area contributed by atoms with E-state index in [-0.39, 0.29) is 28.1 Å². The van der Waals surface area contributed by atoms with Crippen molar-refractivity contribution in [3.8, 4) is 0 Å². The maximum absolute atomic E-state index is 12.8. The number of carbonyl (C=O) groups excluding carboxylic acids is 2. The molecule has 0 bridgehead atoms. The molecule has 2 aromatic rings. The molecule has 1 unspecified atom stereocenters. The Morgan fingerprint density at radius 3 is 2.80 bits per heavy atom. The Morgan fingerprint density at radius 1 is 1.40 bits per heavy atom. The fraction of sp³-hybridized carbons (Fsp3) is 0.312. The van der Waals surface area contributed by atoms with Crippen LogP contribution in [0, 0.1) is 0 Å². The molecule has 0 aromatic carbocycles. The molecular weight excluding hydrogens is 530 g/mol. The zero-order valence-electron chi connectivity index (χ0n) is 17.2. The van der Waals surface area contributed by atoms with E-state index in [1.54, 1.807) is 0 Å². The maximum Gasteiger partial charge on any atom is 0.352 e. The summed E-state index contributed by atoms with van der Waals surface area (Å²) >= 11 is 2.12. The summed E-state index contributed by atoms with van der Waals surface area (Å²) in [6, 6.07) is 1.80. The van der Waals surface area contributed by atoms with Gasteiger partial charge in [-0.1, -0.05) is 16.9 Å². The fourth-order valence-electron chi connectivity index (χ4n) is 3.31. The molecule has 4 rings (SSSR count). The Morgan fingerprint density at radius 2 is 2.17 bits per heavy atom. The molecular formula is C16H15N7O9S3. The number of rotatable bonds is 9. The van der Waals surface area contributed by atoms with Crippen molar-refractivity contribution >= 4 is 57.1 Å². The number of hydrogen-bond acceptors (Lipinski definition) is 13. The molecule has 2 aromatic heterocycles. The SMILES string of the molecule is O=C(O)C1=C(CSc2nnnn2CS(=O)(=O)O)CS[C@@H]2C(NC(=O)/C(=N/O)c3ccco3)C(=O)N12. The molecule has 0 radical (unpaired) electrons. The lowest BCUT2D eigenvalue weighted by molar-refractivity contribution is -0.150. The number of aromatic nitrogens is 4. The lowest BCUT2D eigenvalue weighted by Gasteiger charge is -2.49. The van der Waals surface area contributed by atoms with Gasteiger partial charge in [0.15, 0.2) is 11.6 Å². The van der Waals surface area contributed by atoms with Crippen LogP contribution in [0.2, 0.25) is 0 Å². The quantitative estimate of drug-likeness (QED) is 0.0726. The number of fused-ring (bicyclic) bond motifs is 1. The molecule has 2 aliphatic heterocycles. The second-order valence-corrected chi connectivity index (χ2v) is 10.5. The van der Waals surface area contributed by atoms with Crippen molar-refractivity contribution in [3.63, 3.8) is 0 Å². The number of hydrogen-bond donors (Lipinski definition) is 4. The van der Waals surface area contributed by atoms with Gasteiger partial charge in [0.25, 0.3) is 21.9 Å². The molecule has 2 atom stereocenters. The van der Waals surface area contributed by atoms with Gasteiger partial charge < -0.3 is 20.0 Å². The number of nitrogens with one attached hydrogen (secondary N) is 1. The predicted octanol–water partition coefficient (Wildman–Crippen LogP) is -1.18. The van der Waals surface area contributed by atoms with E-state index >= 15 is 0 Å². The van der Waals surface area contributed by atoms with Crippen molar-refractivity contribution in [2.45, 2.75) is 22.4 Å². The number of carboxylic acid groups (broad SMARTS) is 1. The van der Waals surface area contributed by atoms with Crippen LogP contribution in [-0.4, -0.2) is 94.8 Å². The van der Waals surface area contributed by atoms with E-state index in [4.69, 9.17) is 14.2 Å². The largest absolute Gasteiger partial charge is 0.477 e. The smallest absolute Gasteiger partial charge is 0.352 e. The summed E-state index contributed by atoms with van der Waals surface area (Å²) in [6.07, 6.45) is 1.27. The van der Waals surface area contributed by atoms with Crippen molar-refractivity contribution in [1.29, 1.82) is 0 Å². The average molecular weight is 546 g/mol. The van der Waals surface area contributed by atoms with Gasteiger partial charge in [0.2, 0.25) is 10.9 Å². The topological polar surface area (TPSA) is 230 Å². The zero-order chi connectivity index (χ0) is 25.3. The number of aliphatic carboxylic acids is 1. The highest BCUT2D eigenvalue weighted by Crippen LogP contribution is 2.41. The third kappa shape index (κ3) is 5.01. The maximum atomic E-state index is 12.8. The van der Waals surface area contributed by atoms with Crippen LogP contribution in [0.1, 0.15) is 5.76 Å². The van der Waals surface area contributed by atoms with Crippen LogP contribution in [-0.2, 0) is 30.4 Å². The molecule has 4 heterocycles. The van der Waals surface area contributed by atoms with E-state index in [9.17, 15) is 27.9 Å². The minimum absolute atomic E-state index is 0.00776. The highest BCUT2D eigenvalue weighted by molar-refractivity contribution is 8.01.